The molecule has 0 saturated carbocycles. The van der Waals surface area contributed by atoms with Gasteiger partial charge < -0.3 is 5.32 Å². The van der Waals surface area contributed by atoms with E-state index in [4.69, 9.17) is 0 Å². The molecule has 1 saturated heterocycles. The first-order valence-corrected chi connectivity index (χ1v) is 11.1. The molecule has 3 amide bonds. The van der Waals surface area contributed by atoms with E-state index in [1.165, 1.54) is 21.8 Å². The van der Waals surface area contributed by atoms with E-state index in [1.54, 1.807) is 0 Å². The van der Waals surface area contributed by atoms with Gasteiger partial charge in [-0.2, -0.15) is 0 Å². The molecule has 1 aromatic carbocycles. The number of likely N-dealkylation sites (tertiary alicyclic amines) is 1. The lowest BCUT2D eigenvalue weighted by atomic mass is 9.85. The molecular formula is C23H25N3O3S. The number of benzene rings is 1. The van der Waals surface area contributed by atoms with E-state index in [1.807, 2.05) is 17.5 Å². The first kappa shape index (κ1) is 20.5. The lowest BCUT2D eigenvalue weighted by molar-refractivity contribution is -0.140. The van der Waals surface area contributed by atoms with Crippen molar-refractivity contribution in [1.29, 1.82) is 0 Å². The SMILES string of the molecule is Cc1cc(C)c(-c2csc(NC(=O)CCN3C(=O)[C@H]4CC=CC[C@H]4C3=O)n2)c(C)c1. The second-order valence-electron chi connectivity index (χ2n) is 8.09. The largest absolute Gasteiger partial charge is 0.302 e. The van der Waals surface area contributed by atoms with Gasteiger partial charge in [0.15, 0.2) is 5.13 Å². The molecular weight excluding hydrogens is 398 g/mol. The van der Waals surface area contributed by atoms with Crippen molar-refractivity contribution in [2.75, 3.05) is 11.9 Å². The van der Waals surface area contributed by atoms with Gasteiger partial charge in [-0.3, -0.25) is 19.3 Å². The summed E-state index contributed by atoms with van der Waals surface area (Å²) in [5.41, 5.74) is 5.43. The number of hydrogen-bond acceptors (Lipinski definition) is 5. The van der Waals surface area contributed by atoms with Gasteiger partial charge in [0, 0.05) is 23.9 Å². The lowest BCUT2D eigenvalue weighted by Crippen LogP contribution is -2.34. The topological polar surface area (TPSA) is 79.4 Å². The zero-order chi connectivity index (χ0) is 21.4. The zero-order valence-electron chi connectivity index (χ0n) is 17.4. The van der Waals surface area contributed by atoms with E-state index in [9.17, 15) is 14.4 Å². The molecule has 1 aromatic heterocycles. The summed E-state index contributed by atoms with van der Waals surface area (Å²) in [6.45, 7) is 6.30. The summed E-state index contributed by atoms with van der Waals surface area (Å²) in [4.78, 5) is 43.2. The van der Waals surface area contributed by atoms with Crippen LogP contribution in [0.3, 0.4) is 0 Å². The van der Waals surface area contributed by atoms with Crippen LogP contribution in [0, 0.1) is 32.6 Å². The first-order chi connectivity index (χ1) is 14.3. The number of aryl methyl sites for hydroxylation is 3. The third-order valence-corrected chi connectivity index (χ3v) is 6.60. The second-order valence-corrected chi connectivity index (χ2v) is 8.95. The van der Waals surface area contributed by atoms with E-state index in [0.29, 0.717) is 18.0 Å². The van der Waals surface area contributed by atoms with Crippen LogP contribution >= 0.6 is 11.3 Å². The number of anilines is 1. The summed E-state index contributed by atoms with van der Waals surface area (Å²) in [6.07, 6.45) is 5.21. The normalized spacial score (nSPS) is 20.6. The molecule has 6 nitrogen and oxygen atoms in total. The number of nitrogens with zero attached hydrogens (tertiary/aromatic N) is 2. The Kier molecular flexibility index (Phi) is 5.56. The van der Waals surface area contributed by atoms with E-state index in [0.717, 1.165) is 22.4 Å². The number of nitrogens with one attached hydrogen (secondary N) is 1. The molecule has 0 spiro atoms. The van der Waals surface area contributed by atoms with Crippen LogP contribution in [-0.4, -0.2) is 34.2 Å². The number of aromatic nitrogens is 1. The van der Waals surface area contributed by atoms with Crippen LogP contribution in [0.25, 0.3) is 11.3 Å². The third kappa shape index (κ3) is 3.81. The maximum Gasteiger partial charge on any atom is 0.233 e. The summed E-state index contributed by atoms with van der Waals surface area (Å²) in [5.74, 6) is -1.06. The molecule has 0 bridgehead atoms. The standard InChI is InChI=1S/C23H25N3O3S/c1-13-10-14(2)20(15(3)11-13)18-12-30-23(24-18)25-19(27)8-9-26-21(28)16-6-4-5-7-17(16)22(26)29/h4-5,10-12,16-17H,6-9H2,1-3H3,(H,24,25,27)/t16-,17+. The van der Waals surface area contributed by atoms with Crippen molar-refractivity contribution in [1.82, 2.24) is 9.88 Å². The molecule has 7 heteroatoms. The Morgan fingerprint density at radius 1 is 1.10 bits per heavy atom. The van der Waals surface area contributed by atoms with E-state index in [2.05, 4.69) is 43.2 Å². The quantitative estimate of drug-likeness (QED) is 0.582. The highest BCUT2D eigenvalue weighted by Gasteiger charge is 2.46. The Morgan fingerprint density at radius 3 is 2.30 bits per heavy atom. The van der Waals surface area contributed by atoms with Gasteiger partial charge in [-0.05, 0) is 44.7 Å². The van der Waals surface area contributed by atoms with Gasteiger partial charge in [-0.1, -0.05) is 29.8 Å². The molecule has 1 fully saturated rings. The molecule has 0 unspecified atom stereocenters. The molecule has 30 heavy (non-hydrogen) atoms. The molecule has 2 aliphatic rings. The van der Waals surface area contributed by atoms with Gasteiger partial charge >= 0.3 is 0 Å². The van der Waals surface area contributed by atoms with Crippen LogP contribution in [0.2, 0.25) is 0 Å². The maximum atomic E-state index is 12.5. The number of fused-ring (bicyclic) bond motifs is 1. The Labute approximate surface area is 180 Å². The lowest BCUT2D eigenvalue weighted by Gasteiger charge is -2.14. The minimum atomic E-state index is -0.256. The van der Waals surface area contributed by atoms with Gasteiger partial charge in [-0.25, -0.2) is 4.98 Å². The van der Waals surface area contributed by atoms with Crippen molar-refractivity contribution in [3.63, 3.8) is 0 Å². The van der Waals surface area contributed by atoms with E-state index >= 15 is 0 Å². The second kappa shape index (κ2) is 8.14. The van der Waals surface area contributed by atoms with Crippen LogP contribution in [0.15, 0.2) is 29.7 Å². The summed E-state index contributed by atoms with van der Waals surface area (Å²) >= 11 is 1.37. The number of amides is 3. The molecule has 2 atom stereocenters. The van der Waals surface area contributed by atoms with Crippen LogP contribution in [-0.2, 0) is 14.4 Å². The minimum absolute atomic E-state index is 0.0713. The average molecular weight is 424 g/mol. The highest BCUT2D eigenvalue weighted by atomic mass is 32.1. The molecule has 1 N–H and O–H groups in total. The fourth-order valence-corrected chi connectivity index (χ4v) is 5.23. The van der Waals surface area contributed by atoms with Gasteiger partial charge in [0.25, 0.3) is 0 Å². The fourth-order valence-electron chi connectivity index (χ4n) is 4.51. The summed E-state index contributed by atoms with van der Waals surface area (Å²) in [6, 6.07) is 4.24. The molecule has 2 aromatic rings. The van der Waals surface area contributed by atoms with Crippen molar-refractivity contribution in [2.45, 2.75) is 40.0 Å². The number of hydrogen-bond donors (Lipinski definition) is 1. The van der Waals surface area contributed by atoms with Crippen molar-refractivity contribution in [2.24, 2.45) is 11.8 Å². The van der Waals surface area contributed by atoms with Crippen molar-refractivity contribution >= 4 is 34.2 Å². The Hall–Kier alpha value is -2.80. The van der Waals surface area contributed by atoms with E-state index in [-0.39, 0.29) is 42.5 Å². The van der Waals surface area contributed by atoms with Crippen molar-refractivity contribution in [3.05, 3.63) is 46.4 Å². The number of thiazole rings is 1. The van der Waals surface area contributed by atoms with Crippen molar-refractivity contribution < 1.29 is 14.4 Å². The monoisotopic (exact) mass is 423 g/mol. The third-order valence-electron chi connectivity index (χ3n) is 5.85. The minimum Gasteiger partial charge on any atom is -0.302 e. The number of allylic oxidation sites excluding steroid dienone is 2. The van der Waals surface area contributed by atoms with Gasteiger partial charge in [0.2, 0.25) is 17.7 Å². The van der Waals surface area contributed by atoms with Crippen LogP contribution in [0.5, 0.6) is 0 Å². The van der Waals surface area contributed by atoms with Gasteiger partial charge in [0.05, 0.1) is 17.5 Å². The van der Waals surface area contributed by atoms with Gasteiger partial charge in [0.1, 0.15) is 0 Å². The number of carbonyl (C=O) groups is 3. The van der Waals surface area contributed by atoms with Gasteiger partial charge in [-0.15, -0.1) is 11.3 Å². The van der Waals surface area contributed by atoms with Crippen LogP contribution < -0.4 is 5.32 Å². The molecule has 0 radical (unpaired) electrons. The predicted octanol–water partition coefficient (Wildman–Crippen LogP) is 4.02. The highest BCUT2D eigenvalue weighted by Crippen LogP contribution is 2.35. The Morgan fingerprint density at radius 2 is 1.70 bits per heavy atom. The maximum absolute atomic E-state index is 12.5. The predicted molar refractivity (Wildman–Crippen MR) is 117 cm³/mol. The van der Waals surface area contributed by atoms with E-state index < -0.39 is 0 Å². The molecule has 1 aliphatic heterocycles. The Bertz CT molecular complexity index is 1010. The number of imide groups is 1. The molecule has 1 aliphatic carbocycles. The summed E-state index contributed by atoms with van der Waals surface area (Å²) < 4.78 is 0. The molecule has 2 heterocycles. The number of carbonyl (C=O) groups excluding carboxylic acids is 3. The average Bonchev–Trinajstić information content (AvgIpc) is 3.23. The fraction of sp³-hybridized carbons (Fsp3) is 0.391. The van der Waals surface area contributed by atoms with Crippen LogP contribution in [0.1, 0.15) is 36.0 Å². The first-order valence-electron chi connectivity index (χ1n) is 10.2. The Balaban J connectivity index is 1.38. The molecule has 4 rings (SSSR count). The summed E-state index contributed by atoms with van der Waals surface area (Å²) in [7, 11) is 0. The smallest absolute Gasteiger partial charge is 0.233 e. The van der Waals surface area contributed by atoms with Crippen molar-refractivity contribution in [3.8, 4) is 11.3 Å². The number of rotatable bonds is 5. The summed E-state index contributed by atoms with van der Waals surface area (Å²) in [5, 5.41) is 5.26. The molecule has 156 valence electrons. The highest BCUT2D eigenvalue weighted by molar-refractivity contribution is 7.14. The van der Waals surface area contributed by atoms with Crippen LogP contribution in [0.4, 0.5) is 5.13 Å². The zero-order valence-corrected chi connectivity index (χ0v) is 18.2.